The highest BCUT2D eigenvalue weighted by Crippen LogP contribution is 2.29. The summed E-state index contributed by atoms with van der Waals surface area (Å²) in [5.74, 6) is 0.919. The smallest absolute Gasteiger partial charge is 0.0594 e. The SMILES string of the molecule is CNC1CCCC1CCN1CCC(N2CCOCC2)C1. The van der Waals surface area contributed by atoms with Crippen LogP contribution in [-0.4, -0.2) is 74.9 Å². The molecule has 3 aliphatic rings. The predicted molar refractivity (Wildman–Crippen MR) is 82.0 cm³/mol. The van der Waals surface area contributed by atoms with Crippen molar-refractivity contribution in [2.24, 2.45) is 5.92 Å². The van der Waals surface area contributed by atoms with Crippen molar-refractivity contribution in [1.29, 1.82) is 0 Å². The lowest BCUT2D eigenvalue weighted by atomic mass is 9.99. The van der Waals surface area contributed by atoms with E-state index in [0.717, 1.165) is 44.3 Å². The summed E-state index contributed by atoms with van der Waals surface area (Å²) in [7, 11) is 2.13. The largest absolute Gasteiger partial charge is 0.379 e. The number of hydrogen-bond donors (Lipinski definition) is 1. The first kappa shape index (κ1) is 14.8. The molecule has 0 aromatic heterocycles. The van der Waals surface area contributed by atoms with Crippen LogP contribution < -0.4 is 5.32 Å². The minimum Gasteiger partial charge on any atom is -0.379 e. The second kappa shape index (κ2) is 7.21. The molecule has 20 heavy (non-hydrogen) atoms. The summed E-state index contributed by atoms with van der Waals surface area (Å²) >= 11 is 0. The molecule has 0 aromatic rings. The highest BCUT2D eigenvalue weighted by Gasteiger charge is 2.30. The molecule has 0 bridgehead atoms. The van der Waals surface area contributed by atoms with Gasteiger partial charge in [0, 0.05) is 31.7 Å². The second-order valence-electron chi connectivity index (χ2n) is 6.77. The Hall–Kier alpha value is -0.160. The third kappa shape index (κ3) is 3.53. The molecule has 0 spiro atoms. The Kier molecular flexibility index (Phi) is 5.32. The minimum absolute atomic E-state index is 0.785. The van der Waals surface area contributed by atoms with Crippen LogP contribution in [0, 0.1) is 5.92 Å². The summed E-state index contributed by atoms with van der Waals surface area (Å²) in [5.41, 5.74) is 0. The molecule has 3 fully saturated rings. The zero-order chi connectivity index (χ0) is 13.8. The Labute approximate surface area is 123 Å². The molecule has 0 aromatic carbocycles. The van der Waals surface area contributed by atoms with Gasteiger partial charge in [0.25, 0.3) is 0 Å². The molecule has 4 nitrogen and oxygen atoms in total. The van der Waals surface area contributed by atoms with E-state index in [4.69, 9.17) is 4.74 Å². The van der Waals surface area contributed by atoms with Gasteiger partial charge in [-0.15, -0.1) is 0 Å². The molecule has 2 heterocycles. The topological polar surface area (TPSA) is 27.7 Å². The van der Waals surface area contributed by atoms with E-state index in [2.05, 4.69) is 22.2 Å². The van der Waals surface area contributed by atoms with Crippen LogP contribution in [0.1, 0.15) is 32.1 Å². The van der Waals surface area contributed by atoms with Gasteiger partial charge in [0.05, 0.1) is 13.2 Å². The van der Waals surface area contributed by atoms with Crippen LogP contribution in [-0.2, 0) is 4.74 Å². The number of ether oxygens (including phenoxy) is 1. The predicted octanol–water partition coefficient (Wildman–Crippen LogP) is 1.17. The number of likely N-dealkylation sites (tertiary alicyclic amines) is 1. The van der Waals surface area contributed by atoms with Crippen LogP contribution in [0.25, 0.3) is 0 Å². The highest BCUT2D eigenvalue weighted by atomic mass is 16.5. The normalized spacial score (nSPS) is 36.8. The lowest BCUT2D eigenvalue weighted by molar-refractivity contribution is 0.0184. The quantitative estimate of drug-likeness (QED) is 0.819. The van der Waals surface area contributed by atoms with E-state index >= 15 is 0 Å². The monoisotopic (exact) mass is 281 g/mol. The van der Waals surface area contributed by atoms with E-state index in [1.807, 2.05) is 0 Å². The van der Waals surface area contributed by atoms with Crippen molar-refractivity contribution in [3.05, 3.63) is 0 Å². The molecule has 2 saturated heterocycles. The van der Waals surface area contributed by atoms with E-state index in [-0.39, 0.29) is 0 Å². The standard InChI is InChI=1S/C16H31N3O/c1-17-16-4-2-3-14(16)5-7-18-8-6-15(13-18)19-9-11-20-12-10-19/h14-17H,2-13H2,1H3. The van der Waals surface area contributed by atoms with Gasteiger partial charge in [0.15, 0.2) is 0 Å². The zero-order valence-electron chi connectivity index (χ0n) is 13.0. The average Bonchev–Trinajstić information content (AvgIpc) is 3.15. The number of nitrogens with zero attached hydrogens (tertiary/aromatic N) is 2. The first-order chi connectivity index (χ1) is 9.86. The van der Waals surface area contributed by atoms with Crippen LogP contribution in [0.4, 0.5) is 0 Å². The van der Waals surface area contributed by atoms with E-state index < -0.39 is 0 Å². The molecule has 2 aliphatic heterocycles. The molecule has 3 atom stereocenters. The van der Waals surface area contributed by atoms with E-state index in [9.17, 15) is 0 Å². The summed E-state index contributed by atoms with van der Waals surface area (Å²) in [5, 5.41) is 3.51. The fourth-order valence-electron chi connectivity index (χ4n) is 4.37. The van der Waals surface area contributed by atoms with Crippen LogP contribution in [0.5, 0.6) is 0 Å². The maximum absolute atomic E-state index is 5.46. The molecule has 3 unspecified atom stereocenters. The van der Waals surface area contributed by atoms with Crippen LogP contribution in [0.3, 0.4) is 0 Å². The molecular weight excluding hydrogens is 250 g/mol. The fourth-order valence-corrected chi connectivity index (χ4v) is 4.37. The molecule has 1 saturated carbocycles. The Bertz CT molecular complexity index is 293. The van der Waals surface area contributed by atoms with E-state index in [1.165, 1.54) is 51.7 Å². The lowest BCUT2D eigenvalue weighted by Gasteiger charge is -2.32. The third-order valence-corrected chi connectivity index (χ3v) is 5.66. The van der Waals surface area contributed by atoms with Gasteiger partial charge in [-0.1, -0.05) is 6.42 Å². The Morgan fingerprint density at radius 3 is 2.75 bits per heavy atom. The second-order valence-corrected chi connectivity index (χ2v) is 6.77. The van der Waals surface area contributed by atoms with Gasteiger partial charge in [-0.05, 0) is 51.7 Å². The summed E-state index contributed by atoms with van der Waals surface area (Å²) in [6, 6.07) is 1.58. The zero-order valence-corrected chi connectivity index (χ0v) is 13.0. The molecule has 0 amide bonds. The number of hydrogen-bond acceptors (Lipinski definition) is 4. The number of morpholine rings is 1. The van der Waals surface area contributed by atoms with Gasteiger partial charge in [-0.3, -0.25) is 4.90 Å². The molecule has 4 heteroatoms. The van der Waals surface area contributed by atoms with Crippen molar-refractivity contribution >= 4 is 0 Å². The Morgan fingerprint density at radius 1 is 1.10 bits per heavy atom. The molecular formula is C16H31N3O. The summed E-state index contributed by atoms with van der Waals surface area (Å²) in [4.78, 5) is 5.35. The van der Waals surface area contributed by atoms with Crippen molar-refractivity contribution in [3.8, 4) is 0 Å². The maximum atomic E-state index is 5.46. The summed E-state index contributed by atoms with van der Waals surface area (Å²) < 4.78 is 5.46. The summed E-state index contributed by atoms with van der Waals surface area (Å²) in [6.45, 7) is 8.05. The van der Waals surface area contributed by atoms with Crippen molar-refractivity contribution < 1.29 is 4.74 Å². The van der Waals surface area contributed by atoms with Gasteiger partial charge < -0.3 is 15.0 Å². The van der Waals surface area contributed by atoms with Gasteiger partial charge >= 0.3 is 0 Å². The van der Waals surface area contributed by atoms with Gasteiger partial charge in [0.1, 0.15) is 0 Å². The van der Waals surface area contributed by atoms with Gasteiger partial charge in [0.2, 0.25) is 0 Å². The molecule has 116 valence electrons. The minimum atomic E-state index is 0.785. The van der Waals surface area contributed by atoms with Crippen LogP contribution in [0.2, 0.25) is 0 Å². The molecule has 0 radical (unpaired) electrons. The van der Waals surface area contributed by atoms with Gasteiger partial charge in [-0.2, -0.15) is 0 Å². The molecule has 3 rings (SSSR count). The van der Waals surface area contributed by atoms with E-state index in [1.54, 1.807) is 0 Å². The summed E-state index contributed by atoms with van der Waals surface area (Å²) in [6.07, 6.45) is 7.00. The highest BCUT2D eigenvalue weighted by molar-refractivity contribution is 4.87. The number of nitrogens with one attached hydrogen (secondary N) is 1. The van der Waals surface area contributed by atoms with E-state index in [0.29, 0.717) is 0 Å². The fraction of sp³-hybridized carbons (Fsp3) is 1.00. The Morgan fingerprint density at radius 2 is 1.95 bits per heavy atom. The maximum Gasteiger partial charge on any atom is 0.0594 e. The average molecular weight is 281 g/mol. The van der Waals surface area contributed by atoms with Crippen molar-refractivity contribution in [2.45, 2.75) is 44.2 Å². The van der Waals surface area contributed by atoms with Crippen molar-refractivity contribution in [1.82, 2.24) is 15.1 Å². The molecule has 1 N–H and O–H groups in total. The van der Waals surface area contributed by atoms with Crippen LogP contribution >= 0.6 is 0 Å². The van der Waals surface area contributed by atoms with Crippen LogP contribution in [0.15, 0.2) is 0 Å². The van der Waals surface area contributed by atoms with Gasteiger partial charge in [-0.25, -0.2) is 0 Å². The van der Waals surface area contributed by atoms with Crippen molar-refractivity contribution in [2.75, 3.05) is 53.0 Å². The van der Waals surface area contributed by atoms with Crippen molar-refractivity contribution in [3.63, 3.8) is 0 Å². The number of rotatable bonds is 5. The Balaban J connectivity index is 1.39. The third-order valence-electron chi connectivity index (χ3n) is 5.66. The molecule has 1 aliphatic carbocycles. The first-order valence-electron chi connectivity index (χ1n) is 8.58. The first-order valence-corrected chi connectivity index (χ1v) is 8.58. The lowest BCUT2D eigenvalue weighted by Crippen LogP contribution is -2.44.